The first-order chi connectivity index (χ1) is 8.86. The molecule has 1 saturated heterocycles. The molecule has 2 nitrogen and oxygen atoms in total. The molecule has 1 fully saturated rings. The third-order valence-corrected chi connectivity index (χ3v) is 4.57. The first-order valence-corrected chi connectivity index (χ1v) is 7.45. The Bertz CT molecular complexity index is 341. The summed E-state index contributed by atoms with van der Waals surface area (Å²) in [6.07, 6.45) is 5.01. The normalized spacial score (nSPS) is 31.8. The van der Waals surface area contributed by atoms with Gasteiger partial charge in [0.1, 0.15) is 0 Å². The summed E-state index contributed by atoms with van der Waals surface area (Å²) in [5.74, 6) is 0. The molecular formula is C17H30O2. The van der Waals surface area contributed by atoms with Gasteiger partial charge >= 0.3 is 0 Å². The smallest absolute Gasteiger partial charge is 0.177 e. The van der Waals surface area contributed by atoms with Gasteiger partial charge in [0.25, 0.3) is 0 Å². The van der Waals surface area contributed by atoms with Gasteiger partial charge in [-0.1, -0.05) is 45.4 Å². The molecule has 3 atom stereocenters. The zero-order valence-corrected chi connectivity index (χ0v) is 13.5. The summed E-state index contributed by atoms with van der Waals surface area (Å²) in [4.78, 5) is 0. The fraction of sp³-hybridized carbons (Fsp3) is 0.765. The molecule has 1 heterocycles. The van der Waals surface area contributed by atoms with Gasteiger partial charge in [-0.25, -0.2) is 0 Å². The molecule has 1 aliphatic heterocycles. The van der Waals surface area contributed by atoms with Crippen molar-refractivity contribution in [3.8, 4) is 0 Å². The monoisotopic (exact) mass is 266 g/mol. The quantitative estimate of drug-likeness (QED) is 0.662. The van der Waals surface area contributed by atoms with Crippen LogP contribution in [0.5, 0.6) is 0 Å². The van der Waals surface area contributed by atoms with E-state index in [1.165, 1.54) is 11.1 Å². The van der Waals surface area contributed by atoms with Gasteiger partial charge in [0.05, 0.1) is 12.2 Å². The summed E-state index contributed by atoms with van der Waals surface area (Å²) in [5.41, 5.74) is 2.94. The molecule has 0 N–H and O–H groups in total. The molecule has 0 bridgehead atoms. The minimum atomic E-state index is -0.266. The van der Waals surface area contributed by atoms with Crippen molar-refractivity contribution in [2.75, 3.05) is 0 Å². The van der Waals surface area contributed by atoms with E-state index in [0.717, 1.165) is 19.3 Å². The summed E-state index contributed by atoms with van der Waals surface area (Å²) >= 11 is 0. The highest BCUT2D eigenvalue weighted by Crippen LogP contribution is 2.40. The maximum atomic E-state index is 6.07. The average Bonchev–Trinajstić information content (AvgIpc) is 2.39. The van der Waals surface area contributed by atoms with E-state index in [1.807, 2.05) is 0 Å². The van der Waals surface area contributed by atoms with Crippen molar-refractivity contribution in [2.24, 2.45) is 5.41 Å². The number of hydrogen-bond donors (Lipinski definition) is 0. The Labute approximate surface area is 118 Å². The van der Waals surface area contributed by atoms with Crippen LogP contribution in [0.3, 0.4) is 0 Å². The molecule has 2 unspecified atom stereocenters. The molecule has 110 valence electrons. The minimum absolute atomic E-state index is 0.0313. The molecule has 0 amide bonds. The third-order valence-electron chi connectivity index (χ3n) is 4.57. The Morgan fingerprint density at radius 3 is 2.16 bits per heavy atom. The fourth-order valence-corrected chi connectivity index (χ4v) is 2.71. The Morgan fingerprint density at radius 2 is 1.68 bits per heavy atom. The van der Waals surface area contributed by atoms with Crippen LogP contribution in [0.15, 0.2) is 23.8 Å². The second-order valence-corrected chi connectivity index (χ2v) is 6.20. The highest BCUT2D eigenvalue weighted by Gasteiger charge is 2.44. The van der Waals surface area contributed by atoms with Crippen LogP contribution in [-0.4, -0.2) is 18.5 Å². The molecule has 0 spiro atoms. The van der Waals surface area contributed by atoms with Crippen LogP contribution in [0, 0.1) is 5.41 Å². The van der Waals surface area contributed by atoms with Crippen molar-refractivity contribution in [3.63, 3.8) is 0 Å². The van der Waals surface area contributed by atoms with Gasteiger partial charge in [-0.3, -0.25) is 0 Å². The largest absolute Gasteiger partial charge is 0.345 e. The van der Waals surface area contributed by atoms with Crippen molar-refractivity contribution >= 4 is 0 Å². The Balaban J connectivity index is 2.92. The van der Waals surface area contributed by atoms with Crippen molar-refractivity contribution in [3.05, 3.63) is 23.8 Å². The van der Waals surface area contributed by atoms with Crippen LogP contribution in [0.25, 0.3) is 0 Å². The van der Waals surface area contributed by atoms with Crippen molar-refractivity contribution < 1.29 is 9.47 Å². The molecule has 1 aliphatic rings. The predicted octanol–water partition coefficient (Wildman–Crippen LogP) is 4.86. The van der Waals surface area contributed by atoms with E-state index in [9.17, 15) is 0 Å². The Hall–Kier alpha value is -0.600. The molecule has 0 aromatic heterocycles. The summed E-state index contributed by atoms with van der Waals surface area (Å²) in [5, 5.41) is 0. The molecule has 0 saturated carbocycles. The molecule has 0 radical (unpaired) electrons. The zero-order valence-electron chi connectivity index (χ0n) is 13.5. The van der Waals surface area contributed by atoms with E-state index >= 15 is 0 Å². The van der Waals surface area contributed by atoms with E-state index < -0.39 is 0 Å². The highest BCUT2D eigenvalue weighted by molar-refractivity contribution is 5.12. The summed E-state index contributed by atoms with van der Waals surface area (Å²) in [6, 6.07) is 0. The average molecular weight is 266 g/mol. The maximum absolute atomic E-state index is 6.07. The van der Waals surface area contributed by atoms with Crippen molar-refractivity contribution in [1.82, 2.24) is 0 Å². The molecule has 0 aromatic carbocycles. The van der Waals surface area contributed by atoms with Crippen LogP contribution in [-0.2, 0) is 9.47 Å². The van der Waals surface area contributed by atoms with Gasteiger partial charge < -0.3 is 9.47 Å². The van der Waals surface area contributed by atoms with Crippen molar-refractivity contribution in [1.29, 1.82) is 0 Å². The van der Waals surface area contributed by atoms with Gasteiger partial charge in [0.2, 0.25) is 0 Å². The molecular weight excluding hydrogens is 236 g/mol. The van der Waals surface area contributed by atoms with Crippen LogP contribution in [0.4, 0.5) is 0 Å². The summed E-state index contributed by atoms with van der Waals surface area (Å²) in [6.45, 7) is 17.1. The Morgan fingerprint density at radius 1 is 1.11 bits per heavy atom. The third kappa shape index (κ3) is 3.70. The first kappa shape index (κ1) is 16.5. The lowest BCUT2D eigenvalue weighted by atomic mass is 9.76. The van der Waals surface area contributed by atoms with Gasteiger partial charge in [-0.2, -0.15) is 0 Å². The van der Waals surface area contributed by atoms with Crippen molar-refractivity contribution in [2.45, 2.75) is 79.3 Å². The van der Waals surface area contributed by atoms with Gasteiger partial charge in [-0.05, 0) is 39.2 Å². The summed E-state index contributed by atoms with van der Waals surface area (Å²) in [7, 11) is 0. The van der Waals surface area contributed by atoms with E-state index in [1.54, 1.807) is 6.08 Å². The van der Waals surface area contributed by atoms with Crippen LogP contribution in [0.1, 0.15) is 60.8 Å². The standard InChI is InChI=1S/C17H30O2/c1-8-12(4)13(5)11-15-17(6,7)14(9-2)18-16(10-3)19-15/h10,14-16H,3,8-9,11H2,1-2,4-7H3/b13-12+/t14?,15-,16?/m0/s1. The number of ether oxygens (including phenoxy) is 2. The molecule has 0 aliphatic carbocycles. The lowest BCUT2D eigenvalue weighted by Crippen LogP contribution is -2.51. The van der Waals surface area contributed by atoms with Crippen LogP contribution >= 0.6 is 0 Å². The number of allylic oxidation sites excluding steroid dienone is 1. The second-order valence-electron chi connectivity index (χ2n) is 6.20. The molecule has 0 aromatic rings. The van der Waals surface area contributed by atoms with Crippen LogP contribution < -0.4 is 0 Å². The minimum Gasteiger partial charge on any atom is -0.345 e. The zero-order chi connectivity index (χ0) is 14.6. The summed E-state index contributed by atoms with van der Waals surface area (Å²) < 4.78 is 12.0. The number of rotatable bonds is 5. The SMILES string of the molecule is C=CC1OC(CC)C(C)(C)[C@H](C/C(C)=C(\C)CC)O1. The molecule has 2 heteroatoms. The van der Waals surface area contributed by atoms with E-state index in [-0.39, 0.29) is 23.9 Å². The topological polar surface area (TPSA) is 18.5 Å². The van der Waals surface area contributed by atoms with E-state index in [0.29, 0.717) is 0 Å². The van der Waals surface area contributed by atoms with Gasteiger partial charge in [0.15, 0.2) is 6.29 Å². The Kier molecular flexibility index (Phi) is 5.82. The van der Waals surface area contributed by atoms with Gasteiger partial charge in [-0.15, -0.1) is 0 Å². The lowest BCUT2D eigenvalue weighted by Gasteiger charge is -2.47. The van der Waals surface area contributed by atoms with Gasteiger partial charge in [0, 0.05) is 5.41 Å². The first-order valence-electron chi connectivity index (χ1n) is 7.45. The number of hydrogen-bond acceptors (Lipinski definition) is 2. The fourth-order valence-electron chi connectivity index (χ4n) is 2.71. The van der Waals surface area contributed by atoms with Crippen LogP contribution in [0.2, 0.25) is 0 Å². The molecule has 19 heavy (non-hydrogen) atoms. The molecule has 1 rings (SSSR count). The maximum Gasteiger partial charge on any atom is 0.177 e. The lowest BCUT2D eigenvalue weighted by molar-refractivity contribution is -0.274. The van der Waals surface area contributed by atoms with E-state index in [4.69, 9.17) is 9.47 Å². The second kappa shape index (κ2) is 6.71. The van der Waals surface area contributed by atoms with E-state index in [2.05, 4.69) is 48.1 Å². The predicted molar refractivity (Wildman–Crippen MR) is 81.1 cm³/mol. The highest BCUT2D eigenvalue weighted by atomic mass is 16.7.